The van der Waals surface area contributed by atoms with Crippen molar-refractivity contribution in [1.29, 1.82) is 5.41 Å². The van der Waals surface area contributed by atoms with Gasteiger partial charge in [0, 0.05) is 28.5 Å². The minimum absolute atomic E-state index is 0.0369. The van der Waals surface area contributed by atoms with Crippen LogP contribution in [0.2, 0.25) is 0 Å². The van der Waals surface area contributed by atoms with Gasteiger partial charge < -0.3 is 26.1 Å². The summed E-state index contributed by atoms with van der Waals surface area (Å²) < 4.78 is 5.57. The maximum atomic E-state index is 13.0. The molecule has 1 aliphatic rings. The van der Waals surface area contributed by atoms with Crippen LogP contribution in [-0.2, 0) is 9.59 Å². The zero-order chi connectivity index (χ0) is 25.7. The predicted octanol–water partition coefficient (Wildman–Crippen LogP) is 4.74. The third kappa shape index (κ3) is 8.48. The SMILES string of the molecule is C=CC(=O)NC(=C\CC)/C=C(Nc1cccc(C(C)=N)c1OC)\C(=C/C)C(=O)C1CC1.CNC. The molecule has 0 heterocycles. The van der Waals surface area contributed by atoms with Crippen LogP contribution in [0.3, 0.4) is 0 Å². The first-order chi connectivity index (χ1) is 16.3. The quantitative estimate of drug-likeness (QED) is 0.214. The lowest BCUT2D eigenvalue weighted by Gasteiger charge is -2.19. The summed E-state index contributed by atoms with van der Waals surface area (Å²) in [6.07, 6.45) is 9.09. The fourth-order valence-corrected chi connectivity index (χ4v) is 3.19. The van der Waals surface area contributed by atoms with Crippen molar-refractivity contribution in [1.82, 2.24) is 10.6 Å². The van der Waals surface area contributed by atoms with E-state index >= 15 is 0 Å². The topological polar surface area (TPSA) is 103 Å². The molecule has 0 radical (unpaired) electrons. The predicted molar refractivity (Wildman–Crippen MR) is 140 cm³/mol. The van der Waals surface area contributed by atoms with Gasteiger partial charge in [0.15, 0.2) is 11.5 Å². The number of nitrogens with one attached hydrogen (secondary N) is 4. The Labute approximate surface area is 203 Å². The summed E-state index contributed by atoms with van der Waals surface area (Å²) in [6.45, 7) is 8.99. The molecule has 1 saturated carbocycles. The van der Waals surface area contributed by atoms with Crippen molar-refractivity contribution in [2.45, 2.75) is 40.0 Å². The standard InChI is InChI=1S/C25H31N3O3.C2H7N/c1-6-10-18(27-23(29)8-3)15-22(19(7-2)24(30)17-13-14-17)28-21-12-9-11-20(16(4)26)25(21)31-5;1-3-2/h7-12,15,17,26,28H,3,6,13-14H2,1-2,4-5H3,(H,27,29);3H,1-2H3/b18-10-,19-7+,22-15+,26-16?;. The van der Waals surface area contributed by atoms with Crippen molar-refractivity contribution in [3.8, 4) is 5.75 Å². The van der Waals surface area contributed by atoms with Gasteiger partial charge in [0.25, 0.3) is 0 Å². The fourth-order valence-electron chi connectivity index (χ4n) is 3.19. The maximum absolute atomic E-state index is 13.0. The Balaban J connectivity index is 0.00000182. The summed E-state index contributed by atoms with van der Waals surface area (Å²) in [4.78, 5) is 24.9. The van der Waals surface area contributed by atoms with E-state index < -0.39 is 0 Å². The second kappa shape index (κ2) is 14.6. The molecule has 1 aromatic carbocycles. The maximum Gasteiger partial charge on any atom is 0.247 e. The Morgan fingerprint density at radius 1 is 1.26 bits per heavy atom. The van der Waals surface area contributed by atoms with Crippen LogP contribution in [0.15, 0.2) is 66.0 Å². The summed E-state index contributed by atoms with van der Waals surface area (Å²) in [7, 11) is 5.30. The van der Waals surface area contributed by atoms with Gasteiger partial charge in [-0.1, -0.05) is 31.7 Å². The van der Waals surface area contributed by atoms with Crippen LogP contribution >= 0.6 is 0 Å². The number of anilines is 1. The number of rotatable bonds is 11. The second-order valence-electron chi connectivity index (χ2n) is 7.80. The van der Waals surface area contributed by atoms with Gasteiger partial charge in [-0.2, -0.15) is 0 Å². The van der Waals surface area contributed by atoms with E-state index in [1.807, 2.05) is 52.2 Å². The Hall–Kier alpha value is -3.45. The number of allylic oxidation sites excluding steroid dienone is 4. The lowest BCUT2D eigenvalue weighted by atomic mass is 10.0. The molecular weight excluding hydrogens is 428 g/mol. The van der Waals surface area contributed by atoms with Crippen LogP contribution in [0, 0.1) is 11.3 Å². The second-order valence-corrected chi connectivity index (χ2v) is 7.80. The molecule has 7 nitrogen and oxygen atoms in total. The fraction of sp³-hybridized carbons (Fsp3) is 0.370. The van der Waals surface area contributed by atoms with Gasteiger partial charge in [-0.15, -0.1) is 0 Å². The number of benzene rings is 1. The molecule has 2 rings (SSSR count). The molecule has 1 aliphatic carbocycles. The van der Waals surface area contributed by atoms with Gasteiger partial charge in [0.05, 0.1) is 18.5 Å². The first-order valence-corrected chi connectivity index (χ1v) is 11.4. The lowest BCUT2D eigenvalue weighted by Crippen LogP contribution is -2.21. The highest BCUT2D eigenvalue weighted by Crippen LogP contribution is 2.36. The third-order valence-corrected chi connectivity index (χ3v) is 4.86. The van der Waals surface area contributed by atoms with E-state index in [9.17, 15) is 9.59 Å². The molecule has 1 aromatic rings. The minimum Gasteiger partial charge on any atom is -0.494 e. The Morgan fingerprint density at radius 3 is 2.38 bits per heavy atom. The minimum atomic E-state index is -0.329. The van der Waals surface area contributed by atoms with Gasteiger partial charge in [0.1, 0.15) is 0 Å². The molecule has 34 heavy (non-hydrogen) atoms. The normalized spacial score (nSPS) is 13.9. The monoisotopic (exact) mass is 466 g/mol. The van der Waals surface area contributed by atoms with Crippen molar-refractivity contribution in [2.75, 3.05) is 26.5 Å². The number of carbonyl (C=O) groups is 2. The molecule has 0 atom stereocenters. The van der Waals surface area contributed by atoms with Crippen LogP contribution in [0.4, 0.5) is 5.69 Å². The van der Waals surface area contributed by atoms with Gasteiger partial charge in [-0.3, -0.25) is 9.59 Å². The molecular formula is C27H38N4O3. The largest absolute Gasteiger partial charge is 0.494 e. The number of ether oxygens (including phenoxy) is 1. The van der Waals surface area contributed by atoms with E-state index in [0.29, 0.717) is 46.1 Å². The molecule has 0 saturated heterocycles. The molecule has 0 spiro atoms. The van der Waals surface area contributed by atoms with Gasteiger partial charge in [0.2, 0.25) is 5.91 Å². The van der Waals surface area contributed by atoms with Crippen molar-refractivity contribution in [3.05, 3.63) is 71.6 Å². The number of para-hydroxylation sites is 1. The van der Waals surface area contributed by atoms with Crippen LogP contribution in [0.1, 0.15) is 45.6 Å². The Bertz CT molecular complexity index is 986. The molecule has 1 fully saturated rings. The molecule has 1 amide bonds. The number of Topliss-reactive ketones (excluding diaryl/α,β-unsaturated/α-hetero) is 1. The van der Waals surface area contributed by atoms with Crippen LogP contribution in [-0.4, -0.2) is 38.6 Å². The number of amides is 1. The summed E-state index contributed by atoms with van der Waals surface area (Å²) in [5.41, 5.74) is 3.34. The van der Waals surface area contributed by atoms with Gasteiger partial charge >= 0.3 is 0 Å². The van der Waals surface area contributed by atoms with Crippen molar-refractivity contribution in [3.63, 3.8) is 0 Å². The zero-order valence-corrected chi connectivity index (χ0v) is 21.2. The smallest absolute Gasteiger partial charge is 0.247 e. The number of carbonyl (C=O) groups excluding carboxylic acids is 2. The third-order valence-electron chi connectivity index (χ3n) is 4.86. The van der Waals surface area contributed by atoms with E-state index in [2.05, 4.69) is 22.5 Å². The van der Waals surface area contributed by atoms with Crippen molar-refractivity contribution < 1.29 is 14.3 Å². The molecule has 4 N–H and O–H groups in total. The number of methoxy groups -OCH3 is 1. The number of hydrogen-bond donors (Lipinski definition) is 4. The summed E-state index contributed by atoms with van der Waals surface area (Å²) in [5.74, 6) is 0.302. The van der Waals surface area contributed by atoms with Crippen LogP contribution in [0.25, 0.3) is 0 Å². The number of hydrogen-bond acceptors (Lipinski definition) is 6. The summed E-state index contributed by atoms with van der Waals surface area (Å²) in [6, 6.07) is 5.48. The first-order valence-electron chi connectivity index (χ1n) is 11.4. The van der Waals surface area contributed by atoms with Crippen molar-refractivity contribution >= 4 is 23.1 Å². The number of ketones is 1. The average Bonchev–Trinajstić information content (AvgIpc) is 3.65. The highest BCUT2D eigenvalue weighted by molar-refractivity contribution is 6.04. The summed E-state index contributed by atoms with van der Waals surface area (Å²) in [5, 5.41) is 16.9. The molecule has 0 aliphatic heterocycles. The molecule has 7 heteroatoms. The first kappa shape index (κ1) is 28.6. The summed E-state index contributed by atoms with van der Waals surface area (Å²) >= 11 is 0. The molecule has 184 valence electrons. The van der Waals surface area contributed by atoms with E-state index in [1.165, 1.54) is 6.08 Å². The highest BCUT2D eigenvalue weighted by Gasteiger charge is 2.33. The van der Waals surface area contributed by atoms with Crippen molar-refractivity contribution in [2.24, 2.45) is 5.92 Å². The highest BCUT2D eigenvalue weighted by atomic mass is 16.5. The van der Waals surface area contributed by atoms with E-state index in [0.717, 1.165) is 12.8 Å². The van der Waals surface area contributed by atoms with E-state index in [-0.39, 0.29) is 17.6 Å². The molecule has 0 aromatic heterocycles. The van der Waals surface area contributed by atoms with Crippen LogP contribution < -0.4 is 20.7 Å². The van der Waals surface area contributed by atoms with E-state index in [1.54, 1.807) is 26.2 Å². The Morgan fingerprint density at radius 2 is 1.91 bits per heavy atom. The average molecular weight is 467 g/mol. The van der Waals surface area contributed by atoms with Gasteiger partial charge in [-0.05, 0) is 71.5 Å². The Kier molecular flexibility index (Phi) is 12.3. The molecule has 0 unspecified atom stereocenters. The van der Waals surface area contributed by atoms with Crippen LogP contribution in [0.5, 0.6) is 5.75 Å². The van der Waals surface area contributed by atoms with Gasteiger partial charge in [-0.25, -0.2) is 0 Å². The van der Waals surface area contributed by atoms with E-state index in [4.69, 9.17) is 10.1 Å². The molecule has 0 bridgehead atoms. The lowest BCUT2D eigenvalue weighted by molar-refractivity contribution is -0.116. The zero-order valence-electron chi connectivity index (χ0n) is 21.2.